The second-order valence-corrected chi connectivity index (χ2v) is 1.90. The van der Waals surface area contributed by atoms with E-state index in [2.05, 4.69) is 0 Å². The Morgan fingerprint density at radius 3 is 2.30 bits per heavy atom. The summed E-state index contributed by atoms with van der Waals surface area (Å²) >= 11 is 0. The van der Waals surface area contributed by atoms with Crippen LogP contribution >= 0.6 is 0 Å². The Balaban J connectivity index is 2.80. The Bertz CT molecular complexity index is 172. The molecule has 0 spiro atoms. The van der Waals surface area contributed by atoms with E-state index in [9.17, 15) is 0 Å². The lowest BCUT2D eigenvalue weighted by molar-refractivity contribution is -0.825. The number of quaternary nitrogens is 1. The topological polar surface area (TPSA) is 46.1 Å². The fourth-order valence-electron chi connectivity index (χ4n) is 0.690. The van der Waals surface area contributed by atoms with Gasteiger partial charge in [0.1, 0.15) is 5.75 Å². The number of hydrogen-bond donors (Lipinski definition) is 2. The molecule has 0 fully saturated rings. The standard InChI is InChI=1S/C7H9NO2/c1-10-7-4-2-6(8-9)3-5-7/h2-5,8-9H,1H3/p+1. The van der Waals surface area contributed by atoms with Gasteiger partial charge in [-0.3, -0.25) is 0 Å². The van der Waals surface area contributed by atoms with Crippen molar-refractivity contribution < 1.29 is 15.4 Å². The highest BCUT2D eigenvalue weighted by Gasteiger charge is 1.93. The quantitative estimate of drug-likeness (QED) is 0.458. The number of methoxy groups -OCH3 is 1. The maximum Gasteiger partial charge on any atom is 0.161 e. The van der Waals surface area contributed by atoms with Crippen molar-refractivity contribution in [1.29, 1.82) is 0 Å². The van der Waals surface area contributed by atoms with E-state index in [-0.39, 0.29) is 0 Å². The van der Waals surface area contributed by atoms with Crippen molar-refractivity contribution in [2.75, 3.05) is 7.11 Å². The summed E-state index contributed by atoms with van der Waals surface area (Å²) in [5.74, 6) is 0.797. The average molecular weight is 140 g/mol. The van der Waals surface area contributed by atoms with E-state index >= 15 is 0 Å². The number of hydrogen-bond acceptors (Lipinski definition) is 2. The Labute approximate surface area is 59.2 Å². The molecule has 0 radical (unpaired) electrons. The van der Waals surface area contributed by atoms with Gasteiger partial charge in [-0.25, -0.2) is 5.21 Å². The largest absolute Gasteiger partial charge is 0.497 e. The van der Waals surface area contributed by atoms with Crippen LogP contribution in [-0.4, -0.2) is 12.3 Å². The van der Waals surface area contributed by atoms with Crippen LogP contribution in [0.3, 0.4) is 0 Å². The van der Waals surface area contributed by atoms with Crippen molar-refractivity contribution in [2.24, 2.45) is 0 Å². The predicted octanol–water partition coefficient (Wildman–Crippen LogP) is 0.279. The molecule has 1 aromatic carbocycles. The van der Waals surface area contributed by atoms with Gasteiger partial charge in [0.15, 0.2) is 5.69 Å². The summed E-state index contributed by atoms with van der Waals surface area (Å²) in [5, 5.41) is 8.54. The van der Waals surface area contributed by atoms with E-state index in [0.717, 1.165) is 16.9 Å². The number of rotatable bonds is 2. The minimum Gasteiger partial charge on any atom is -0.497 e. The molecule has 3 N–H and O–H groups in total. The molecule has 3 nitrogen and oxygen atoms in total. The molecule has 0 bridgehead atoms. The highest BCUT2D eigenvalue weighted by Crippen LogP contribution is 2.10. The van der Waals surface area contributed by atoms with Crippen LogP contribution in [0.25, 0.3) is 0 Å². The van der Waals surface area contributed by atoms with Crippen molar-refractivity contribution in [3.8, 4) is 5.75 Å². The monoisotopic (exact) mass is 140 g/mol. The van der Waals surface area contributed by atoms with Crippen LogP contribution in [0.2, 0.25) is 0 Å². The third kappa shape index (κ3) is 1.46. The van der Waals surface area contributed by atoms with Crippen LogP contribution < -0.4 is 10.2 Å². The zero-order valence-corrected chi connectivity index (χ0v) is 5.74. The van der Waals surface area contributed by atoms with Gasteiger partial charge in [0.25, 0.3) is 0 Å². The van der Waals surface area contributed by atoms with E-state index in [1.54, 1.807) is 31.4 Å². The first-order chi connectivity index (χ1) is 4.86. The average Bonchev–Trinajstić information content (AvgIpc) is 2.05. The Morgan fingerprint density at radius 2 is 1.90 bits per heavy atom. The third-order valence-electron chi connectivity index (χ3n) is 1.26. The Kier molecular flexibility index (Phi) is 2.25. The van der Waals surface area contributed by atoms with Crippen LogP contribution in [0.1, 0.15) is 0 Å². The summed E-state index contributed by atoms with van der Waals surface area (Å²) in [6.45, 7) is 0. The molecule has 0 heterocycles. The third-order valence-corrected chi connectivity index (χ3v) is 1.26. The Morgan fingerprint density at radius 1 is 1.30 bits per heavy atom. The molecule has 0 aromatic heterocycles. The van der Waals surface area contributed by atoms with Gasteiger partial charge in [-0.15, -0.1) is 0 Å². The first kappa shape index (κ1) is 7.05. The van der Waals surface area contributed by atoms with E-state index in [1.165, 1.54) is 0 Å². The fourth-order valence-corrected chi connectivity index (χ4v) is 0.690. The highest BCUT2D eigenvalue weighted by atomic mass is 16.5. The molecule has 0 aliphatic heterocycles. The van der Waals surface area contributed by atoms with Crippen molar-refractivity contribution in [3.63, 3.8) is 0 Å². The molecule has 10 heavy (non-hydrogen) atoms. The summed E-state index contributed by atoms with van der Waals surface area (Å²) in [6.07, 6.45) is 0. The SMILES string of the molecule is COc1ccc([NH2+]O)cc1. The van der Waals surface area contributed by atoms with E-state index in [1.807, 2.05) is 0 Å². The van der Waals surface area contributed by atoms with Gasteiger partial charge in [-0.05, 0) is 12.1 Å². The van der Waals surface area contributed by atoms with Crippen LogP contribution in [0.5, 0.6) is 5.75 Å². The zero-order chi connectivity index (χ0) is 7.40. The molecule has 0 aliphatic carbocycles. The molecule has 0 unspecified atom stereocenters. The summed E-state index contributed by atoms with van der Waals surface area (Å²) in [4.78, 5) is 0. The molecule has 54 valence electrons. The second-order valence-electron chi connectivity index (χ2n) is 1.90. The van der Waals surface area contributed by atoms with E-state index in [0.29, 0.717) is 0 Å². The molecular weight excluding hydrogens is 130 g/mol. The minimum absolute atomic E-state index is 0.779. The van der Waals surface area contributed by atoms with Crippen LogP contribution in [0.15, 0.2) is 24.3 Å². The summed E-state index contributed by atoms with van der Waals surface area (Å²) in [5.41, 5.74) is 1.83. The Hall–Kier alpha value is -1.06. The summed E-state index contributed by atoms with van der Waals surface area (Å²) < 4.78 is 4.92. The van der Waals surface area contributed by atoms with Gasteiger partial charge in [-0.2, -0.15) is 5.48 Å². The normalized spacial score (nSPS) is 9.40. The minimum atomic E-state index is 0.779. The lowest BCUT2D eigenvalue weighted by Gasteiger charge is -1.96. The van der Waals surface area contributed by atoms with Crippen molar-refractivity contribution >= 4 is 5.69 Å². The number of benzene rings is 1. The van der Waals surface area contributed by atoms with Gasteiger partial charge < -0.3 is 4.74 Å². The first-order valence-electron chi connectivity index (χ1n) is 2.98. The number of nitrogens with two attached hydrogens (primary N) is 1. The van der Waals surface area contributed by atoms with Gasteiger partial charge in [0.2, 0.25) is 0 Å². The van der Waals surface area contributed by atoms with Gasteiger partial charge >= 0.3 is 0 Å². The molecule has 1 aromatic rings. The highest BCUT2D eigenvalue weighted by molar-refractivity contribution is 5.34. The molecule has 0 saturated carbocycles. The molecule has 0 aliphatic rings. The van der Waals surface area contributed by atoms with Gasteiger partial charge in [0, 0.05) is 12.1 Å². The van der Waals surface area contributed by atoms with Crippen molar-refractivity contribution in [1.82, 2.24) is 0 Å². The van der Waals surface area contributed by atoms with Gasteiger partial charge in [0.05, 0.1) is 7.11 Å². The molecule has 1 rings (SSSR count). The lowest BCUT2D eigenvalue weighted by Crippen LogP contribution is -2.73. The summed E-state index contributed by atoms with van der Waals surface area (Å²) in [6, 6.07) is 7.14. The molecular formula is C7H10NO2+. The van der Waals surface area contributed by atoms with Crippen LogP contribution in [-0.2, 0) is 0 Å². The van der Waals surface area contributed by atoms with E-state index in [4.69, 9.17) is 9.94 Å². The van der Waals surface area contributed by atoms with Crippen molar-refractivity contribution in [3.05, 3.63) is 24.3 Å². The fraction of sp³-hybridized carbons (Fsp3) is 0.143. The maximum absolute atomic E-state index is 8.54. The zero-order valence-electron chi connectivity index (χ0n) is 5.74. The maximum atomic E-state index is 8.54. The van der Waals surface area contributed by atoms with Crippen LogP contribution in [0, 0.1) is 0 Å². The predicted molar refractivity (Wildman–Crippen MR) is 36.4 cm³/mol. The number of ether oxygens (including phenoxy) is 1. The lowest BCUT2D eigenvalue weighted by atomic mass is 10.3. The second kappa shape index (κ2) is 3.20. The first-order valence-corrected chi connectivity index (χ1v) is 2.98. The molecule has 3 heteroatoms. The van der Waals surface area contributed by atoms with E-state index < -0.39 is 0 Å². The summed E-state index contributed by atoms with van der Waals surface area (Å²) in [7, 11) is 1.61. The smallest absolute Gasteiger partial charge is 0.161 e. The molecule has 0 atom stereocenters. The van der Waals surface area contributed by atoms with Gasteiger partial charge in [-0.1, -0.05) is 0 Å². The van der Waals surface area contributed by atoms with Crippen molar-refractivity contribution in [2.45, 2.75) is 0 Å². The molecule has 0 amide bonds. The van der Waals surface area contributed by atoms with Crippen LogP contribution in [0.4, 0.5) is 5.69 Å². The molecule has 0 saturated heterocycles.